The van der Waals surface area contributed by atoms with Gasteiger partial charge in [-0.2, -0.15) is 0 Å². The quantitative estimate of drug-likeness (QED) is 0.430. The SMILES string of the molecule is CCCCC(CC)CSc1ccc(C(C)(C)CC)cc1N. The predicted octanol–water partition coefficient (Wildman–Crippen LogP) is 6.26. The molecule has 0 aliphatic rings. The van der Waals surface area contributed by atoms with Crippen LogP contribution in [0.3, 0.4) is 0 Å². The Kier molecular flexibility index (Phi) is 7.65. The molecule has 2 N–H and O–H groups in total. The van der Waals surface area contributed by atoms with Crippen molar-refractivity contribution in [3.8, 4) is 0 Å². The summed E-state index contributed by atoms with van der Waals surface area (Å²) in [7, 11) is 0. The topological polar surface area (TPSA) is 26.0 Å². The van der Waals surface area contributed by atoms with E-state index < -0.39 is 0 Å². The van der Waals surface area contributed by atoms with Crippen molar-refractivity contribution in [2.45, 2.75) is 77.0 Å². The summed E-state index contributed by atoms with van der Waals surface area (Å²) in [5, 5.41) is 0. The van der Waals surface area contributed by atoms with Gasteiger partial charge in [-0.3, -0.25) is 0 Å². The summed E-state index contributed by atoms with van der Waals surface area (Å²) in [6, 6.07) is 6.66. The van der Waals surface area contributed by atoms with E-state index >= 15 is 0 Å². The van der Waals surface area contributed by atoms with Gasteiger partial charge in [0, 0.05) is 16.3 Å². The summed E-state index contributed by atoms with van der Waals surface area (Å²) >= 11 is 1.93. The van der Waals surface area contributed by atoms with E-state index in [1.807, 2.05) is 11.8 Å². The normalized spacial score (nSPS) is 13.4. The second kappa shape index (κ2) is 8.73. The van der Waals surface area contributed by atoms with Gasteiger partial charge in [0.05, 0.1) is 0 Å². The largest absolute Gasteiger partial charge is 0.398 e. The lowest BCUT2D eigenvalue weighted by Crippen LogP contribution is -2.15. The summed E-state index contributed by atoms with van der Waals surface area (Å²) in [6.07, 6.45) is 6.39. The molecule has 0 heterocycles. The van der Waals surface area contributed by atoms with Crippen LogP contribution in [0.25, 0.3) is 0 Å². The zero-order chi connectivity index (χ0) is 15.9. The highest BCUT2D eigenvalue weighted by Crippen LogP contribution is 2.34. The Hall–Kier alpha value is -0.630. The number of nitrogens with two attached hydrogens (primary N) is 1. The third kappa shape index (κ3) is 5.58. The molecule has 0 amide bonds. The van der Waals surface area contributed by atoms with E-state index in [4.69, 9.17) is 5.73 Å². The maximum Gasteiger partial charge on any atom is 0.0455 e. The zero-order valence-corrected chi connectivity index (χ0v) is 15.4. The molecule has 1 unspecified atom stereocenters. The molecule has 0 aliphatic heterocycles. The molecule has 0 saturated carbocycles. The highest BCUT2D eigenvalue weighted by molar-refractivity contribution is 7.99. The van der Waals surface area contributed by atoms with Gasteiger partial charge in [0.15, 0.2) is 0 Å². The molecule has 1 rings (SSSR count). The maximum atomic E-state index is 6.28. The fourth-order valence-corrected chi connectivity index (χ4v) is 3.62. The minimum absolute atomic E-state index is 0.213. The van der Waals surface area contributed by atoms with Gasteiger partial charge < -0.3 is 5.73 Å². The Morgan fingerprint density at radius 1 is 1.19 bits per heavy atom. The first kappa shape index (κ1) is 18.4. The lowest BCUT2D eigenvalue weighted by Gasteiger charge is -2.24. The average molecular weight is 308 g/mol. The van der Waals surface area contributed by atoms with Gasteiger partial charge in [-0.05, 0) is 41.9 Å². The maximum absolute atomic E-state index is 6.28. The van der Waals surface area contributed by atoms with Crippen LogP contribution in [-0.4, -0.2) is 5.75 Å². The molecule has 0 fully saturated rings. The van der Waals surface area contributed by atoms with E-state index in [1.165, 1.54) is 41.9 Å². The van der Waals surface area contributed by atoms with Gasteiger partial charge in [-0.25, -0.2) is 0 Å². The van der Waals surface area contributed by atoms with Gasteiger partial charge >= 0.3 is 0 Å². The van der Waals surface area contributed by atoms with Crippen molar-refractivity contribution in [2.24, 2.45) is 5.92 Å². The van der Waals surface area contributed by atoms with Gasteiger partial charge in [0.1, 0.15) is 0 Å². The van der Waals surface area contributed by atoms with Crippen molar-refractivity contribution in [1.29, 1.82) is 0 Å². The summed E-state index contributed by atoms with van der Waals surface area (Å²) < 4.78 is 0. The van der Waals surface area contributed by atoms with E-state index in [0.717, 1.165) is 18.0 Å². The number of hydrogen-bond acceptors (Lipinski definition) is 2. The Morgan fingerprint density at radius 3 is 2.43 bits per heavy atom. The van der Waals surface area contributed by atoms with Crippen LogP contribution in [-0.2, 0) is 5.41 Å². The summed E-state index contributed by atoms with van der Waals surface area (Å²) in [5.41, 5.74) is 8.79. The van der Waals surface area contributed by atoms with Crippen LogP contribution >= 0.6 is 11.8 Å². The fraction of sp³-hybridized carbons (Fsp3) is 0.684. The highest BCUT2D eigenvalue weighted by atomic mass is 32.2. The van der Waals surface area contributed by atoms with E-state index in [9.17, 15) is 0 Å². The van der Waals surface area contributed by atoms with Crippen LogP contribution in [0, 0.1) is 5.92 Å². The monoisotopic (exact) mass is 307 g/mol. The standard InChI is InChI=1S/C19H33NS/c1-6-9-10-15(7-2)14-21-18-12-11-16(13-17(18)20)19(4,5)8-3/h11-13,15H,6-10,14,20H2,1-5H3. The lowest BCUT2D eigenvalue weighted by atomic mass is 9.82. The number of unbranched alkanes of at least 4 members (excludes halogenated alkanes) is 1. The van der Waals surface area contributed by atoms with Crippen molar-refractivity contribution in [3.05, 3.63) is 23.8 Å². The van der Waals surface area contributed by atoms with Crippen LogP contribution < -0.4 is 5.73 Å². The Morgan fingerprint density at radius 2 is 1.90 bits per heavy atom. The molecule has 21 heavy (non-hydrogen) atoms. The molecular formula is C19H33NS. The van der Waals surface area contributed by atoms with Crippen molar-refractivity contribution in [1.82, 2.24) is 0 Å². The molecule has 0 bridgehead atoms. The second-order valence-corrected chi connectivity index (χ2v) is 7.78. The van der Waals surface area contributed by atoms with Gasteiger partial charge in [0.25, 0.3) is 0 Å². The molecular weight excluding hydrogens is 274 g/mol. The average Bonchev–Trinajstić information content (AvgIpc) is 2.48. The number of rotatable bonds is 9. The smallest absolute Gasteiger partial charge is 0.0455 e. The molecule has 0 spiro atoms. The molecule has 1 atom stereocenters. The van der Waals surface area contributed by atoms with Crippen molar-refractivity contribution in [2.75, 3.05) is 11.5 Å². The molecule has 0 saturated heterocycles. The minimum atomic E-state index is 0.213. The first-order valence-electron chi connectivity index (χ1n) is 8.47. The number of thioether (sulfide) groups is 1. The summed E-state index contributed by atoms with van der Waals surface area (Å²) in [5.74, 6) is 2.01. The molecule has 1 aromatic rings. The molecule has 120 valence electrons. The van der Waals surface area contributed by atoms with Gasteiger partial charge in [0.2, 0.25) is 0 Å². The number of nitrogen functional groups attached to an aromatic ring is 1. The van der Waals surface area contributed by atoms with Gasteiger partial charge in [-0.15, -0.1) is 11.8 Å². The van der Waals surface area contributed by atoms with Crippen LogP contribution in [0.1, 0.15) is 72.3 Å². The van der Waals surface area contributed by atoms with E-state index in [2.05, 4.69) is 52.8 Å². The van der Waals surface area contributed by atoms with E-state index in [0.29, 0.717) is 0 Å². The first-order chi connectivity index (χ1) is 9.94. The first-order valence-corrected chi connectivity index (χ1v) is 9.45. The zero-order valence-electron chi connectivity index (χ0n) is 14.5. The van der Waals surface area contributed by atoms with Gasteiger partial charge in [-0.1, -0.05) is 59.9 Å². The number of hydrogen-bond donors (Lipinski definition) is 1. The van der Waals surface area contributed by atoms with Crippen LogP contribution in [0.4, 0.5) is 5.69 Å². The molecule has 0 aromatic heterocycles. The van der Waals surface area contributed by atoms with E-state index in [1.54, 1.807) is 0 Å². The van der Waals surface area contributed by atoms with Crippen molar-refractivity contribution in [3.63, 3.8) is 0 Å². The minimum Gasteiger partial charge on any atom is -0.398 e. The predicted molar refractivity (Wildman–Crippen MR) is 98.2 cm³/mol. The molecule has 0 aliphatic carbocycles. The summed E-state index contributed by atoms with van der Waals surface area (Å²) in [6.45, 7) is 11.4. The highest BCUT2D eigenvalue weighted by Gasteiger charge is 2.19. The number of benzene rings is 1. The Labute approximate surface area is 136 Å². The third-order valence-corrected chi connectivity index (χ3v) is 6.01. The third-order valence-electron chi connectivity index (χ3n) is 4.69. The Balaban J connectivity index is 2.68. The van der Waals surface area contributed by atoms with Crippen LogP contribution in [0.5, 0.6) is 0 Å². The number of anilines is 1. The molecule has 0 radical (unpaired) electrons. The lowest BCUT2D eigenvalue weighted by molar-refractivity contribution is 0.499. The Bertz CT molecular complexity index is 426. The summed E-state index contributed by atoms with van der Waals surface area (Å²) in [4.78, 5) is 1.25. The van der Waals surface area contributed by atoms with Crippen LogP contribution in [0.2, 0.25) is 0 Å². The van der Waals surface area contributed by atoms with Crippen molar-refractivity contribution >= 4 is 17.4 Å². The molecule has 2 heteroatoms. The van der Waals surface area contributed by atoms with E-state index in [-0.39, 0.29) is 5.41 Å². The second-order valence-electron chi connectivity index (χ2n) is 6.72. The molecule has 1 nitrogen and oxygen atoms in total. The molecule has 1 aromatic carbocycles. The van der Waals surface area contributed by atoms with Crippen LogP contribution in [0.15, 0.2) is 23.1 Å². The van der Waals surface area contributed by atoms with Crippen molar-refractivity contribution < 1.29 is 0 Å². The fourth-order valence-electron chi connectivity index (χ4n) is 2.41.